The van der Waals surface area contributed by atoms with Crippen molar-refractivity contribution in [3.63, 3.8) is 0 Å². The SMILES string of the molecule is CCCN(C(=O)CCNC(=O)N1CCc2ccccc2C1)C1CCNCC1. The highest BCUT2D eigenvalue weighted by atomic mass is 16.2. The van der Waals surface area contributed by atoms with Gasteiger partial charge in [0.1, 0.15) is 0 Å². The van der Waals surface area contributed by atoms with Crippen LogP contribution in [0.2, 0.25) is 0 Å². The standard InChI is InChI=1S/C21H32N4O2/c1-2-14-25(19-7-11-22-12-8-19)20(26)9-13-23-21(27)24-15-10-17-5-3-4-6-18(17)16-24/h3-6,19,22H,2,7-16H2,1H3,(H,23,27). The van der Waals surface area contributed by atoms with Gasteiger partial charge in [-0.15, -0.1) is 0 Å². The van der Waals surface area contributed by atoms with E-state index >= 15 is 0 Å². The summed E-state index contributed by atoms with van der Waals surface area (Å²) in [6, 6.07) is 8.55. The number of rotatable bonds is 6. The minimum atomic E-state index is -0.0683. The summed E-state index contributed by atoms with van der Waals surface area (Å²) >= 11 is 0. The maximum atomic E-state index is 12.7. The Morgan fingerprint density at radius 3 is 2.70 bits per heavy atom. The molecule has 1 saturated heterocycles. The summed E-state index contributed by atoms with van der Waals surface area (Å²) < 4.78 is 0. The van der Waals surface area contributed by atoms with Crippen LogP contribution in [0.3, 0.4) is 0 Å². The van der Waals surface area contributed by atoms with Crippen LogP contribution in [0.4, 0.5) is 4.79 Å². The first kappa shape index (κ1) is 19.7. The lowest BCUT2D eigenvalue weighted by Gasteiger charge is -2.35. The zero-order chi connectivity index (χ0) is 19.1. The number of urea groups is 1. The first-order chi connectivity index (χ1) is 13.2. The minimum Gasteiger partial charge on any atom is -0.340 e. The van der Waals surface area contributed by atoms with Gasteiger partial charge in [0.2, 0.25) is 5.91 Å². The van der Waals surface area contributed by atoms with Crippen molar-refractivity contribution in [1.29, 1.82) is 0 Å². The Kier molecular flexibility index (Phi) is 7.10. The first-order valence-corrected chi connectivity index (χ1v) is 10.3. The van der Waals surface area contributed by atoms with E-state index in [1.165, 1.54) is 11.1 Å². The van der Waals surface area contributed by atoms with Crippen LogP contribution in [0.25, 0.3) is 0 Å². The zero-order valence-electron chi connectivity index (χ0n) is 16.4. The van der Waals surface area contributed by atoms with Crippen molar-refractivity contribution < 1.29 is 9.59 Å². The van der Waals surface area contributed by atoms with E-state index in [1.54, 1.807) is 0 Å². The molecule has 3 amide bonds. The van der Waals surface area contributed by atoms with Crippen LogP contribution in [0.1, 0.15) is 43.7 Å². The summed E-state index contributed by atoms with van der Waals surface area (Å²) in [6.45, 7) is 6.65. The first-order valence-electron chi connectivity index (χ1n) is 10.3. The lowest BCUT2D eigenvalue weighted by molar-refractivity contribution is -0.134. The third-order valence-electron chi connectivity index (χ3n) is 5.57. The van der Waals surface area contributed by atoms with E-state index < -0.39 is 0 Å². The molecular weight excluding hydrogens is 340 g/mol. The molecule has 2 heterocycles. The molecule has 1 aromatic carbocycles. The molecule has 0 aliphatic carbocycles. The van der Waals surface area contributed by atoms with Crippen molar-refractivity contribution in [3.8, 4) is 0 Å². The molecule has 6 heteroatoms. The lowest BCUT2D eigenvalue weighted by Crippen LogP contribution is -2.48. The van der Waals surface area contributed by atoms with Crippen LogP contribution >= 0.6 is 0 Å². The maximum absolute atomic E-state index is 12.7. The number of hydrogen-bond donors (Lipinski definition) is 2. The summed E-state index contributed by atoms with van der Waals surface area (Å²) in [5, 5.41) is 6.29. The van der Waals surface area contributed by atoms with Gasteiger partial charge in [-0.2, -0.15) is 0 Å². The predicted molar refractivity (Wildman–Crippen MR) is 106 cm³/mol. The third kappa shape index (κ3) is 5.22. The topological polar surface area (TPSA) is 64.7 Å². The molecule has 0 aromatic heterocycles. The Morgan fingerprint density at radius 1 is 1.22 bits per heavy atom. The Hall–Kier alpha value is -2.08. The monoisotopic (exact) mass is 372 g/mol. The van der Waals surface area contributed by atoms with Gasteiger partial charge in [0.15, 0.2) is 0 Å². The van der Waals surface area contributed by atoms with E-state index in [0.717, 1.165) is 51.9 Å². The Morgan fingerprint density at radius 2 is 1.96 bits per heavy atom. The molecule has 0 spiro atoms. The van der Waals surface area contributed by atoms with Crippen LogP contribution in [0, 0.1) is 0 Å². The van der Waals surface area contributed by atoms with Crippen LogP contribution < -0.4 is 10.6 Å². The molecule has 148 valence electrons. The molecule has 27 heavy (non-hydrogen) atoms. The number of piperidine rings is 1. The van der Waals surface area contributed by atoms with Gasteiger partial charge >= 0.3 is 6.03 Å². The van der Waals surface area contributed by atoms with Crippen LogP contribution in [-0.4, -0.2) is 60.5 Å². The van der Waals surface area contributed by atoms with E-state index in [1.807, 2.05) is 21.9 Å². The zero-order valence-corrected chi connectivity index (χ0v) is 16.4. The number of nitrogens with zero attached hydrogens (tertiary/aromatic N) is 2. The third-order valence-corrected chi connectivity index (χ3v) is 5.57. The smallest absolute Gasteiger partial charge is 0.317 e. The number of carbonyl (C=O) groups is 2. The van der Waals surface area contributed by atoms with Gasteiger partial charge in [-0.3, -0.25) is 4.79 Å². The average Bonchev–Trinajstić information content (AvgIpc) is 2.72. The van der Waals surface area contributed by atoms with E-state index in [9.17, 15) is 9.59 Å². The number of nitrogens with one attached hydrogen (secondary N) is 2. The Bertz CT molecular complexity index is 643. The van der Waals surface area contributed by atoms with E-state index in [2.05, 4.69) is 29.7 Å². The molecule has 2 N–H and O–H groups in total. The van der Waals surface area contributed by atoms with Gasteiger partial charge in [0.05, 0.1) is 0 Å². The molecule has 2 aliphatic heterocycles. The molecule has 0 saturated carbocycles. The van der Waals surface area contributed by atoms with Gasteiger partial charge in [-0.25, -0.2) is 4.79 Å². The molecule has 0 radical (unpaired) electrons. The summed E-state index contributed by atoms with van der Waals surface area (Å²) in [6.07, 6.45) is 4.27. The molecule has 0 bridgehead atoms. The van der Waals surface area contributed by atoms with Crippen LogP contribution in [0.5, 0.6) is 0 Å². The highest BCUT2D eigenvalue weighted by Gasteiger charge is 2.25. The fourth-order valence-electron chi connectivity index (χ4n) is 4.07. The molecule has 1 aromatic rings. The molecule has 0 unspecified atom stereocenters. The van der Waals surface area contributed by atoms with Crippen molar-refractivity contribution in [2.24, 2.45) is 0 Å². The number of carbonyl (C=O) groups excluding carboxylic acids is 2. The second-order valence-electron chi connectivity index (χ2n) is 7.49. The van der Waals surface area contributed by atoms with Gasteiger partial charge < -0.3 is 20.4 Å². The average molecular weight is 373 g/mol. The Labute approximate surface area is 162 Å². The largest absolute Gasteiger partial charge is 0.340 e. The molecule has 1 fully saturated rings. The molecular formula is C21H32N4O2. The Balaban J connectivity index is 1.45. The van der Waals surface area contributed by atoms with E-state index in [4.69, 9.17) is 0 Å². The van der Waals surface area contributed by atoms with Crippen molar-refractivity contribution in [2.75, 3.05) is 32.7 Å². The number of amides is 3. The fraction of sp³-hybridized carbons (Fsp3) is 0.619. The van der Waals surface area contributed by atoms with Crippen molar-refractivity contribution in [3.05, 3.63) is 35.4 Å². The summed E-state index contributed by atoms with van der Waals surface area (Å²) in [7, 11) is 0. The van der Waals surface area contributed by atoms with Gasteiger partial charge in [0.25, 0.3) is 0 Å². The quantitative estimate of drug-likeness (QED) is 0.804. The highest BCUT2D eigenvalue weighted by Crippen LogP contribution is 2.18. The number of benzene rings is 1. The minimum absolute atomic E-state index is 0.0683. The molecule has 3 rings (SSSR count). The number of fused-ring (bicyclic) bond motifs is 1. The predicted octanol–water partition coefficient (Wildman–Crippen LogP) is 2.13. The van der Waals surface area contributed by atoms with E-state index in [0.29, 0.717) is 25.6 Å². The normalized spacial score (nSPS) is 17.3. The van der Waals surface area contributed by atoms with Crippen LogP contribution in [0.15, 0.2) is 24.3 Å². The molecule has 2 aliphatic rings. The maximum Gasteiger partial charge on any atom is 0.317 e. The van der Waals surface area contributed by atoms with Crippen molar-refractivity contribution in [1.82, 2.24) is 20.4 Å². The van der Waals surface area contributed by atoms with E-state index in [-0.39, 0.29) is 11.9 Å². The second kappa shape index (κ2) is 9.74. The van der Waals surface area contributed by atoms with Gasteiger partial charge in [0, 0.05) is 38.6 Å². The molecule has 0 atom stereocenters. The summed E-state index contributed by atoms with van der Waals surface area (Å²) in [5.74, 6) is 0.160. The van der Waals surface area contributed by atoms with Gasteiger partial charge in [-0.05, 0) is 49.9 Å². The lowest BCUT2D eigenvalue weighted by atomic mass is 10.0. The summed E-state index contributed by atoms with van der Waals surface area (Å²) in [4.78, 5) is 29.0. The van der Waals surface area contributed by atoms with Gasteiger partial charge in [-0.1, -0.05) is 31.2 Å². The summed E-state index contributed by atoms with van der Waals surface area (Å²) in [5.41, 5.74) is 2.55. The fourth-order valence-corrected chi connectivity index (χ4v) is 4.07. The van der Waals surface area contributed by atoms with Crippen LogP contribution in [-0.2, 0) is 17.8 Å². The highest BCUT2D eigenvalue weighted by molar-refractivity contribution is 5.78. The second-order valence-corrected chi connectivity index (χ2v) is 7.49. The number of hydrogen-bond acceptors (Lipinski definition) is 3. The van der Waals surface area contributed by atoms with Crippen molar-refractivity contribution in [2.45, 2.75) is 51.6 Å². The molecule has 6 nitrogen and oxygen atoms in total. The van der Waals surface area contributed by atoms with Crippen molar-refractivity contribution >= 4 is 11.9 Å².